The molecule has 1 aromatic carbocycles. The van der Waals surface area contributed by atoms with Crippen LogP contribution in [0.25, 0.3) is 0 Å². The highest BCUT2D eigenvalue weighted by Gasteiger charge is 2.27. The van der Waals surface area contributed by atoms with Gasteiger partial charge in [0.25, 0.3) is 0 Å². The van der Waals surface area contributed by atoms with E-state index in [0.717, 1.165) is 32.5 Å². The highest BCUT2D eigenvalue weighted by Crippen LogP contribution is 2.21. The smallest absolute Gasteiger partial charge is 0.0429 e. The molecule has 0 bridgehead atoms. The molecule has 0 atom stereocenters. The second kappa shape index (κ2) is 5.46. The van der Waals surface area contributed by atoms with Crippen molar-refractivity contribution in [2.24, 2.45) is 10.4 Å². The monoisotopic (exact) mass is 230 g/mol. The molecular formula is C15H22N2. The van der Waals surface area contributed by atoms with Crippen molar-refractivity contribution in [2.75, 3.05) is 19.6 Å². The number of aliphatic imine (C=N–C) groups is 1. The Labute approximate surface area is 104 Å². The van der Waals surface area contributed by atoms with Gasteiger partial charge in [0.1, 0.15) is 0 Å². The number of benzene rings is 1. The molecule has 17 heavy (non-hydrogen) atoms. The molecular weight excluding hydrogens is 208 g/mol. The van der Waals surface area contributed by atoms with Gasteiger partial charge in [-0.3, -0.25) is 4.99 Å². The van der Waals surface area contributed by atoms with Gasteiger partial charge < -0.3 is 5.32 Å². The maximum absolute atomic E-state index is 4.81. The fourth-order valence-corrected chi connectivity index (χ4v) is 2.31. The Kier molecular flexibility index (Phi) is 3.95. The number of hydrogen-bond donors (Lipinski definition) is 1. The summed E-state index contributed by atoms with van der Waals surface area (Å²) in [5.74, 6) is 0. The summed E-state index contributed by atoms with van der Waals surface area (Å²) >= 11 is 0. The fraction of sp³-hybridized carbons (Fsp3) is 0.533. The Morgan fingerprint density at radius 3 is 2.71 bits per heavy atom. The van der Waals surface area contributed by atoms with Crippen LogP contribution in [0.1, 0.15) is 25.8 Å². The van der Waals surface area contributed by atoms with Crippen molar-refractivity contribution >= 4 is 5.71 Å². The molecule has 0 spiro atoms. The number of piperidine rings is 1. The van der Waals surface area contributed by atoms with Crippen LogP contribution < -0.4 is 5.32 Å². The van der Waals surface area contributed by atoms with Crippen molar-refractivity contribution < 1.29 is 0 Å². The second-order valence-electron chi connectivity index (χ2n) is 5.37. The largest absolute Gasteiger partial charge is 0.315 e. The molecule has 2 heteroatoms. The van der Waals surface area contributed by atoms with Gasteiger partial charge >= 0.3 is 0 Å². The van der Waals surface area contributed by atoms with E-state index in [1.807, 2.05) is 0 Å². The molecule has 92 valence electrons. The van der Waals surface area contributed by atoms with E-state index in [1.54, 1.807) is 0 Å². The SMILES string of the molecule is CC1(C)CNCCC1=NCCc1ccccc1. The van der Waals surface area contributed by atoms with Gasteiger partial charge in [0, 0.05) is 30.8 Å². The number of hydrogen-bond acceptors (Lipinski definition) is 2. The summed E-state index contributed by atoms with van der Waals surface area (Å²) in [5.41, 5.74) is 2.99. The molecule has 0 saturated carbocycles. The van der Waals surface area contributed by atoms with E-state index in [0.29, 0.717) is 0 Å². The van der Waals surface area contributed by atoms with Crippen LogP contribution in [-0.2, 0) is 6.42 Å². The van der Waals surface area contributed by atoms with Crippen LogP contribution in [0.5, 0.6) is 0 Å². The lowest BCUT2D eigenvalue weighted by atomic mass is 9.83. The van der Waals surface area contributed by atoms with Crippen molar-refractivity contribution in [3.05, 3.63) is 35.9 Å². The van der Waals surface area contributed by atoms with E-state index in [9.17, 15) is 0 Å². The van der Waals surface area contributed by atoms with Crippen LogP contribution in [0.2, 0.25) is 0 Å². The molecule has 2 nitrogen and oxygen atoms in total. The average Bonchev–Trinajstić information content (AvgIpc) is 2.32. The zero-order chi connectivity index (χ0) is 12.1. The Balaban J connectivity index is 1.92. The molecule has 1 heterocycles. The predicted molar refractivity (Wildman–Crippen MR) is 73.7 cm³/mol. The third-order valence-electron chi connectivity index (χ3n) is 3.43. The molecule has 0 amide bonds. The van der Waals surface area contributed by atoms with Crippen molar-refractivity contribution in [3.8, 4) is 0 Å². The Morgan fingerprint density at radius 1 is 1.24 bits per heavy atom. The number of rotatable bonds is 3. The first-order valence-electron chi connectivity index (χ1n) is 6.47. The van der Waals surface area contributed by atoms with Gasteiger partial charge in [-0.05, 0) is 18.4 Å². The van der Waals surface area contributed by atoms with E-state index >= 15 is 0 Å². The van der Waals surface area contributed by atoms with Crippen LogP contribution >= 0.6 is 0 Å². The normalized spacial score (nSPS) is 21.6. The summed E-state index contributed by atoms with van der Waals surface area (Å²) in [6.45, 7) is 7.61. The molecule has 1 aromatic rings. The van der Waals surface area contributed by atoms with E-state index < -0.39 is 0 Å². The minimum atomic E-state index is 0.231. The zero-order valence-electron chi connectivity index (χ0n) is 10.9. The third kappa shape index (κ3) is 3.40. The van der Waals surface area contributed by atoms with Gasteiger partial charge in [0.2, 0.25) is 0 Å². The molecule has 0 unspecified atom stereocenters. The molecule has 0 aromatic heterocycles. The minimum absolute atomic E-state index is 0.231. The second-order valence-corrected chi connectivity index (χ2v) is 5.37. The van der Waals surface area contributed by atoms with Gasteiger partial charge in [-0.1, -0.05) is 44.2 Å². The molecule has 1 N–H and O–H groups in total. The Morgan fingerprint density at radius 2 is 2.00 bits per heavy atom. The van der Waals surface area contributed by atoms with Crippen LogP contribution in [-0.4, -0.2) is 25.3 Å². The van der Waals surface area contributed by atoms with Crippen molar-refractivity contribution in [2.45, 2.75) is 26.7 Å². The molecule has 0 aliphatic carbocycles. The highest BCUT2D eigenvalue weighted by molar-refractivity contribution is 5.90. The first kappa shape index (κ1) is 12.3. The van der Waals surface area contributed by atoms with Crippen LogP contribution in [0, 0.1) is 5.41 Å². The number of nitrogens with one attached hydrogen (secondary N) is 1. The van der Waals surface area contributed by atoms with Crippen molar-refractivity contribution in [1.29, 1.82) is 0 Å². The Hall–Kier alpha value is -1.15. The minimum Gasteiger partial charge on any atom is -0.315 e. The molecule has 1 aliphatic rings. The first-order valence-corrected chi connectivity index (χ1v) is 6.47. The molecule has 2 rings (SSSR count). The first-order chi connectivity index (χ1) is 8.18. The van der Waals surface area contributed by atoms with E-state index in [1.165, 1.54) is 11.3 Å². The summed E-state index contributed by atoms with van der Waals surface area (Å²) in [4.78, 5) is 4.81. The summed E-state index contributed by atoms with van der Waals surface area (Å²) in [6, 6.07) is 10.6. The summed E-state index contributed by atoms with van der Waals surface area (Å²) in [6.07, 6.45) is 2.15. The Bertz CT molecular complexity index is 379. The zero-order valence-corrected chi connectivity index (χ0v) is 10.9. The third-order valence-corrected chi connectivity index (χ3v) is 3.43. The molecule has 1 aliphatic heterocycles. The van der Waals surface area contributed by atoms with Crippen molar-refractivity contribution in [3.63, 3.8) is 0 Å². The van der Waals surface area contributed by atoms with Crippen LogP contribution in [0.15, 0.2) is 35.3 Å². The lowest BCUT2D eigenvalue weighted by molar-refractivity contribution is 0.429. The molecule has 0 radical (unpaired) electrons. The van der Waals surface area contributed by atoms with Gasteiger partial charge in [0.15, 0.2) is 0 Å². The van der Waals surface area contributed by atoms with Crippen molar-refractivity contribution in [1.82, 2.24) is 5.32 Å². The number of nitrogens with zero attached hydrogens (tertiary/aromatic N) is 1. The summed E-state index contributed by atoms with van der Waals surface area (Å²) in [5, 5.41) is 3.43. The summed E-state index contributed by atoms with van der Waals surface area (Å²) in [7, 11) is 0. The lowest BCUT2D eigenvalue weighted by Crippen LogP contribution is -2.43. The van der Waals surface area contributed by atoms with Gasteiger partial charge in [-0.15, -0.1) is 0 Å². The average molecular weight is 230 g/mol. The maximum Gasteiger partial charge on any atom is 0.0429 e. The topological polar surface area (TPSA) is 24.4 Å². The molecule has 1 saturated heterocycles. The predicted octanol–water partition coefficient (Wildman–Crippen LogP) is 2.69. The fourth-order valence-electron chi connectivity index (χ4n) is 2.31. The van der Waals surface area contributed by atoms with E-state index in [-0.39, 0.29) is 5.41 Å². The quantitative estimate of drug-likeness (QED) is 0.848. The highest BCUT2D eigenvalue weighted by atomic mass is 14.9. The van der Waals surface area contributed by atoms with E-state index in [4.69, 9.17) is 4.99 Å². The van der Waals surface area contributed by atoms with Gasteiger partial charge in [0.05, 0.1) is 0 Å². The van der Waals surface area contributed by atoms with Gasteiger partial charge in [-0.25, -0.2) is 0 Å². The summed E-state index contributed by atoms with van der Waals surface area (Å²) < 4.78 is 0. The molecule has 1 fully saturated rings. The maximum atomic E-state index is 4.81. The van der Waals surface area contributed by atoms with Crippen LogP contribution in [0.4, 0.5) is 0 Å². The van der Waals surface area contributed by atoms with Crippen LogP contribution in [0.3, 0.4) is 0 Å². The lowest BCUT2D eigenvalue weighted by Gasteiger charge is -2.32. The van der Waals surface area contributed by atoms with Gasteiger partial charge in [-0.2, -0.15) is 0 Å². The van der Waals surface area contributed by atoms with E-state index in [2.05, 4.69) is 49.5 Å². The standard InChI is InChI=1S/C15H22N2/c1-15(2)12-16-10-9-14(15)17-11-8-13-6-4-3-5-7-13/h3-7,16H,8-12H2,1-2H3.